The van der Waals surface area contributed by atoms with Crippen LogP contribution in [-0.4, -0.2) is 33.6 Å². The lowest BCUT2D eigenvalue weighted by Crippen LogP contribution is -2.29. The minimum Gasteiger partial charge on any atom is -0.507 e. The number of hydrogen-bond acceptors (Lipinski definition) is 7. The number of rotatable bonds is 7. The molecular formula is C24H22FN3O4S. The number of aryl methyl sites for hydroxylation is 1. The first kappa shape index (κ1) is 22.6. The molecule has 1 atom stereocenters. The van der Waals surface area contributed by atoms with Gasteiger partial charge in [0.15, 0.2) is 0 Å². The standard InChI is InChI=1S/C24H22FN3O4S/c1-3-4-13-32-18-11-7-16(8-12-18)21(29)19-20(15-5-9-17(25)10-6-15)28(23(31)22(19)30)24-27-26-14(2)33-24/h5-12,20,29H,3-4,13H2,1-2H3/b21-19+. The number of carbonyl (C=O) groups is 2. The van der Waals surface area contributed by atoms with Gasteiger partial charge >= 0.3 is 5.91 Å². The van der Waals surface area contributed by atoms with Crippen molar-refractivity contribution in [2.24, 2.45) is 0 Å². The fourth-order valence-electron chi connectivity index (χ4n) is 3.57. The molecule has 1 unspecified atom stereocenters. The number of nitrogens with zero attached hydrogens (tertiary/aromatic N) is 3. The number of ketones is 1. The van der Waals surface area contributed by atoms with E-state index < -0.39 is 23.5 Å². The van der Waals surface area contributed by atoms with E-state index in [1.807, 2.05) is 0 Å². The molecule has 0 spiro atoms. The summed E-state index contributed by atoms with van der Waals surface area (Å²) in [4.78, 5) is 27.2. The minimum absolute atomic E-state index is 0.0980. The lowest BCUT2D eigenvalue weighted by Gasteiger charge is -2.22. The Morgan fingerprint density at radius 2 is 1.82 bits per heavy atom. The van der Waals surface area contributed by atoms with Gasteiger partial charge in [0.05, 0.1) is 18.2 Å². The number of carbonyl (C=O) groups excluding carboxylic acids is 2. The van der Waals surface area contributed by atoms with Crippen molar-refractivity contribution in [2.45, 2.75) is 32.7 Å². The fourth-order valence-corrected chi connectivity index (χ4v) is 4.29. The number of unbranched alkanes of at least 4 members (excludes halogenated alkanes) is 1. The van der Waals surface area contributed by atoms with Gasteiger partial charge in [-0.25, -0.2) is 4.39 Å². The molecule has 170 valence electrons. The molecule has 3 aromatic rings. The van der Waals surface area contributed by atoms with E-state index in [1.165, 1.54) is 29.2 Å². The first-order valence-corrected chi connectivity index (χ1v) is 11.3. The van der Waals surface area contributed by atoms with Crippen molar-refractivity contribution in [1.29, 1.82) is 0 Å². The summed E-state index contributed by atoms with van der Waals surface area (Å²) in [5.41, 5.74) is 0.722. The zero-order chi connectivity index (χ0) is 23.5. The van der Waals surface area contributed by atoms with E-state index in [0.717, 1.165) is 24.2 Å². The molecule has 4 rings (SSSR count). The van der Waals surface area contributed by atoms with E-state index >= 15 is 0 Å². The number of aromatic nitrogens is 2. The molecule has 1 aliphatic heterocycles. The number of benzene rings is 2. The average Bonchev–Trinajstić information content (AvgIpc) is 3.35. The monoisotopic (exact) mass is 467 g/mol. The number of aliphatic hydroxyl groups is 1. The Morgan fingerprint density at radius 3 is 2.42 bits per heavy atom. The SMILES string of the molecule is CCCCOc1ccc(/C(O)=C2\C(=O)C(=O)N(c3nnc(C)s3)C2c2ccc(F)cc2)cc1. The van der Waals surface area contributed by atoms with Crippen LogP contribution in [0.15, 0.2) is 54.1 Å². The van der Waals surface area contributed by atoms with Gasteiger partial charge in [0.1, 0.15) is 22.3 Å². The molecule has 2 aromatic carbocycles. The van der Waals surface area contributed by atoms with Crippen molar-refractivity contribution in [1.82, 2.24) is 10.2 Å². The van der Waals surface area contributed by atoms with Gasteiger partial charge in [0.2, 0.25) is 5.13 Å². The van der Waals surface area contributed by atoms with E-state index in [1.54, 1.807) is 31.2 Å². The van der Waals surface area contributed by atoms with Crippen molar-refractivity contribution in [3.63, 3.8) is 0 Å². The van der Waals surface area contributed by atoms with Gasteiger partial charge in [-0.1, -0.05) is 36.8 Å². The van der Waals surface area contributed by atoms with Crippen LogP contribution in [0.2, 0.25) is 0 Å². The average molecular weight is 468 g/mol. The summed E-state index contributed by atoms with van der Waals surface area (Å²) in [7, 11) is 0. The van der Waals surface area contributed by atoms with Crippen LogP contribution in [0.3, 0.4) is 0 Å². The molecule has 1 fully saturated rings. The third-order valence-corrected chi connectivity index (χ3v) is 6.08. The predicted octanol–water partition coefficient (Wildman–Crippen LogP) is 4.79. The molecule has 33 heavy (non-hydrogen) atoms. The fraction of sp³-hybridized carbons (Fsp3) is 0.250. The Hall–Kier alpha value is -3.59. The number of anilines is 1. The minimum atomic E-state index is -0.974. The number of ether oxygens (including phenoxy) is 1. The number of hydrogen-bond donors (Lipinski definition) is 1. The molecule has 0 aliphatic carbocycles. The van der Waals surface area contributed by atoms with E-state index in [9.17, 15) is 19.1 Å². The Bertz CT molecular complexity index is 1210. The van der Waals surface area contributed by atoms with Gasteiger partial charge in [0.25, 0.3) is 5.78 Å². The summed E-state index contributed by atoms with van der Waals surface area (Å²) < 4.78 is 19.2. The van der Waals surface area contributed by atoms with Gasteiger partial charge < -0.3 is 9.84 Å². The first-order chi connectivity index (χ1) is 15.9. The maximum atomic E-state index is 13.6. The molecule has 1 aromatic heterocycles. The van der Waals surface area contributed by atoms with Gasteiger partial charge in [-0.2, -0.15) is 0 Å². The van der Waals surface area contributed by atoms with Crippen LogP contribution < -0.4 is 9.64 Å². The second kappa shape index (κ2) is 9.50. The highest BCUT2D eigenvalue weighted by Gasteiger charge is 2.48. The van der Waals surface area contributed by atoms with Crippen molar-refractivity contribution in [3.05, 3.63) is 76.1 Å². The van der Waals surface area contributed by atoms with E-state index in [-0.39, 0.29) is 16.5 Å². The van der Waals surface area contributed by atoms with Crippen molar-refractivity contribution >= 4 is 33.9 Å². The van der Waals surface area contributed by atoms with Gasteiger partial charge in [-0.3, -0.25) is 14.5 Å². The summed E-state index contributed by atoms with van der Waals surface area (Å²) in [5, 5.41) is 19.9. The third kappa shape index (κ3) is 4.49. The topological polar surface area (TPSA) is 92.6 Å². The summed E-state index contributed by atoms with van der Waals surface area (Å²) in [6, 6.07) is 11.1. The number of amides is 1. The predicted molar refractivity (Wildman–Crippen MR) is 123 cm³/mol. The number of halogens is 1. The summed E-state index contributed by atoms with van der Waals surface area (Å²) in [6.07, 6.45) is 1.93. The van der Waals surface area contributed by atoms with Crippen molar-refractivity contribution in [3.8, 4) is 5.75 Å². The second-order valence-electron chi connectivity index (χ2n) is 7.55. The van der Waals surface area contributed by atoms with E-state index in [2.05, 4.69) is 17.1 Å². The molecular weight excluding hydrogens is 445 g/mol. The lowest BCUT2D eigenvalue weighted by atomic mass is 9.95. The zero-order valence-electron chi connectivity index (χ0n) is 18.1. The van der Waals surface area contributed by atoms with Gasteiger partial charge in [0, 0.05) is 5.56 Å². The molecule has 0 radical (unpaired) electrons. The van der Waals surface area contributed by atoms with Crippen LogP contribution in [0.5, 0.6) is 5.75 Å². The number of aliphatic hydroxyl groups excluding tert-OH is 1. The molecule has 9 heteroatoms. The Morgan fingerprint density at radius 1 is 1.12 bits per heavy atom. The molecule has 2 heterocycles. The van der Waals surface area contributed by atoms with Crippen molar-refractivity contribution < 1.29 is 23.8 Å². The number of Topliss-reactive ketones (excluding diaryl/α,β-unsaturated/α-hetero) is 1. The summed E-state index contributed by atoms with van der Waals surface area (Å²) in [6.45, 7) is 4.38. The highest BCUT2D eigenvalue weighted by atomic mass is 32.1. The molecule has 1 N–H and O–H groups in total. The normalized spacial score (nSPS) is 17.5. The first-order valence-electron chi connectivity index (χ1n) is 10.5. The van der Waals surface area contributed by atoms with Crippen LogP contribution in [0, 0.1) is 12.7 Å². The summed E-state index contributed by atoms with van der Waals surface area (Å²) >= 11 is 1.15. The molecule has 1 amide bonds. The zero-order valence-corrected chi connectivity index (χ0v) is 18.9. The van der Waals surface area contributed by atoms with E-state index in [4.69, 9.17) is 4.74 Å². The molecule has 0 bridgehead atoms. The van der Waals surface area contributed by atoms with Crippen LogP contribution in [-0.2, 0) is 9.59 Å². The third-order valence-electron chi connectivity index (χ3n) is 5.25. The molecule has 0 saturated carbocycles. The molecule has 1 aliphatic rings. The van der Waals surface area contributed by atoms with Crippen LogP contribution in [0.1, 0.15) is 41.9 Å². The maximum Gasteiger partial charge on any atom is 0.301 e. The smallest absolute Gasteiger partial charge is 0.301 e. The van der Waals surface area contributed by atoms with Crippen molar-refractivity contribution in [2.75, 3.05) is 11.5 Å². The quantitative estimate of drug-likeness (QED) is 0.232. The highest BCUT2D eigenvalue weighted by Crippen LogP contribution is 2.43. The van der Waals surface area contributed by atoms with Crippen LogP contribution >= 0.6 is 11.3 Å². The van der Waals surface area contributed by atoms with Gasteiger partial charge in [-0.05, 0) is 55.3 Å². The Balaban J connectivity index is 1.78. The maximum absolute atomic E-state index is 13.6. The Kier molecular flexibility index (Phi) is 6.50. The van der Waals surface area contributed by atoms with Gasteiger partial charge in [-0.15, -0.1) is 10.2 Å². The van der Waals surface area contributed by atoms with Crippen LogP contribution in [0.4, 0.5) is 9.52 Å². The second-order valence-corrected chi connectivity index (χ2v) is 8.71. The molecule has 1 saturated heterocycles. The Labute approximate surface area is 194 Å². The molecule has 7 nitrogen and oxygen atoms in total. The van der Waals surface area contributed by atoms with Crippen LogP contribution in [0.25, 0.3) is 5.76 Å². The highest BCUT2D eigenvalue weighted by molar-refractivity contribution is 7.15. The largest absolute Gasteiger partial charge is 0.507 e. The summed E-state index contributed by atoms with van der Waals surface area (Å²) in [5.74, 6) is -1.83. The lowest BCUT2D eigenvalue weighted by molar-refractivity contribution is -0.132. The van der Waals surface area contributed by atoms with E-state index in [0.29, 0.717) is 28.5 Å².